The number of benzene rings is 2. The first-order valence-corrected chi connectivity index (χ1v) is 10.4. The number of fused-ring (bicyclic) bond motifs is 2. The number of para-hydroxylation sites is 1. The molecule has 140 valence electrons. The average Bonchev–Trinajstić information content (AvgIpc) is 3.18. The van der Waals surface area contributed by atoms with Crippen LogP contribution in [0.2, 0.25) is 0 Å². The Morgan fingerprint density at radius 3 is 2.86 bits per heavy atom. The summed E-state index contributed by atoms with van der Waals surface area (Å²) in [6, 6.07) is 18.8. The van der Waals surface area contributed by atoms with Gasteiger partial charge in [-0.2, -0.15) is 0 Å². The number of nitrogens with one attached hydrogen (secondary N) is 1. The first-order chi connectivity index (χ1) is 13.7. The number of rotatable bonds is 3. The fraction of sp³-hybridized carbons (Fsp3) is 0.217. The highest BCUT2D eigenvalue weighted by Crippen LogP contribution is 2.38. The molecule has 5 heteroatoms. The minimum atomic E-state index is -0.0619. The lowest BCUT2D eigenvalue weighted by atomic mass is 9.93. The van der Waals surface area contributed by atoms with E-state index >= 15 is 0 Å². The number of H-pyrrole nitrogens is 1. The van der Waals surface area contributed by atoms with E-state index in [0.29, 0.717) is 11.9 Å². The highest BCUT2D eigenvalue weighted by Gasteiger charge is 2.30. The molecule has 4 nitrogen and oxygen atoms in total. The van der Waals surface area contributed by atoms with Gasteiger partial charge in [0, 0.05) is 11.4 Å². The van der Waals surface area contributed by atoms with Crippen molar-refractivity contribution in [2.45, 2.75) is 25.9 Å². The second-order valence-corrected chi connectivity index (χ2v) is 8.32. The predicted octanol–water partition coefficient (Wildman–Crippen LogP) is 4.44. The molecule has 2 aromatic heterocycles. The Labute approximate surface area is 167 Å². The van der Waals surface area contributed by atoms with Crippen LogP contribution < -0.4 is 5.56 Å². The van der Waals surface area contributed by atoms with E-state index in [1.54, 1.807) is 0 Å². The van der Waals surface area contributed by atoms with Crippen LogP contribution in [0.25, 0.3) is 10.9 Å². The third kappa shape index (κ3) is 2.97. The van der Waals surface area contributed by atoms with E-state index in [0.717, 1.165) is 29.9 Å². The van der Waals surface area contributed by atoms with Crippen LogP contribution in [0.15, 0.2) is 64.8 Å². The van der Waals surface area contributed by atoms with E-state index in [1.807, 2.05) is 36.5 Å². The highest BCUT2D eigenvalue weighted by atomic mass is 32.1. The Morgan fingerprint density at radius 2 is 2.00 bits per heavy atom. The van der Waals surface area contributed by atoms with Crippen LogP contribution >= 0.6 is 11.3 Å². The topological polar surface area (TPSA) is 49.0 Å². The van der Waals surface area contributed by atoms with Crippen LogP contribution in [0.5, 0.6) is 0 Å². The van der Waals surface area contributed by atoms with E-state index < -0.39 is 0 Å². The molecule has 1 unspecified atom stereocenters. The standard InChI is InChI=1S/C23H21N3OS/c1-15-6-5-9-18-21(15)24-20(25-23(18)27)14-26-12-10-19-17(11-13-28-19)22(26)16-7-3-2-4-8-16/h2-9,11,13,22H,10,12,14H2,1H3,(H,24,25,27). The minimum absolute atomic E-state index is 0.0619. The number of aryl methyl sites for hydroxylation is 1. The third-order valence-electron chi connectivity index (χ3n) is 5.52. The van der Waals surface area contributed by atoms with Gasteiger partial charge >= 0.3 is 0 Å². The normalized spacial score (nSPS) is 17.0. The molecular formula is C23H21N3OS. The Hall–Kier alpha value is -2.76. The number of aromatic nitrogens is 2. The van der Waals surface area contributed by atoms with Gasteiger partial charge in [-0.15, -0.1) is 11.3 Å². The Balaban J connectivity index is 1.56. The lowest BCUT2D eigenvalue weighted by Crippen LogP contribution is -2.36. The van der Waals surface area contributed by atoms with Gasteiger partial charge in [-0.3, -0.25) is 9.69 Å². The highest BCUT2D eigenvalue weighted by molar-refractivity contribution is 7.10. The largest absolute Gasteiger partial charge is 0.309 e. The molecule has 28 heavy (non-hydrogen) atoms. The summed E-state index contributed by atoms with van der Waals surface area (Å²) in [4.78, 5) is 24.3. The smallest absolute Gasteiger partial charge is 0.258 e. The Bertz CT molecular complexity index is 1200. The van der Waals surface area contributed by atoms with Crippen LogP contribution in [0.1, 0.15) is 33.4 Å². The maximum absolute atomic E-state index is 12.6. The van der Waals surface area contributed by atoms with Crippen molar-refractivity contribution in [2.75, 3.05) is 6.54 Å². The van der Waals surface area contributed by atoms with Crippen molar-refractivity contribution >= 4 is 22.2 Å². The van der Waals surface area contributed by atoms with Crippen molar-refractivity contribution in [1.82, 2.24) is 14.9 Å². The molecule has 0 spiro atoms. The number of aromatic amines is 1. The van der Waals surface area contributed by atoms with Crippen molar-refractivity contribution in [3.63, 3.8) is 0 Å². The van der Waals surface area contributed by atoms with Gasteiger partial charge in [0.05, 0.1) is 23.5 Å². The number of nitrogens with zero attached hydrogens (tertiary/aromatic N) is 2. The maximum atomic E-state index is 12.6. The van der Waals surface area contributed by atoms with Gasteiger partial charge in [0.25, 0.3) is 5.56 Å². The molecule has 1 atom stereocenters. The zero-order valence-corrected chi connectivity index (χ0v) is 16.5. The molecule has 0 radical (unpaired) electrons. The van der Waals surface area contributed by atoms with Crippen LogP contribution in [-0.2, 0) is 13.0 Å². The van der Waals surface area contributed by atoms with Gasteiger partial charge in [-0.1, -0.05) is 42.5 Å². The summed E-state index contributed by atoms with van der Waals surface area (Å²) >= 11 is 1.84. The molecule has 4 aromatic rings. The summed E-state index contributed by atoms with van der Waals surface area (Å²) in [7, 11) is 0. The summed E-state index contributed by atoms with van der Waals surface area (Å²) in [6.07, 6.45) is 1.03. The minimum Gasteiger partial charge on any atom is -0.309 e. The van der Waals surface area contributed by atoms with Crippen molar-refractivity contribution in [3.8, 4) is 0 Å². The lowest BCUT2D eigenvalue weighted by molar-refractivity contribution is 0.201. The van der Waals surface area contributed by atoms with E-state index in [9.17, 15) is 4.79 Å². The van der Waals surface area contributed by atoms with Gasteiger partial charge in [0.2, 0.25) is 0 Å². The second kappa shape index (κ2) is 7.00. The predicted molar refractivity (Wildman–Crippen MR) is 114 cm³/mol. The molecule has 0 saturated carbocycles. The number of thiophene rings is 1. The second-order valence-electron chi connectivity index (χ2n) is 7.32. The van der Waals surface area contributed by atoms with Gasteiger partial charge in [-0.05, 0) is 47.5 Å². The molecule has 3 heterocycles. The zero-order valence-electron chi connectivity index (χ0n) is 15.7. The fourth-order valence-electron chi connectivity index (χ4n) is 4.18. The third-order valence-corrected chi connectivity index (χ3v) is 6.52. The quantitative estimate of drug-likeness (QED) is 0.565. The molecule has 0 aliphatic carbocycles. The fourth-order valence-corrected chi connectivity index (χ4v) is 5.09. The summed E-state index contributed by atoms with van der Waals surface area (Å²) in [5.41, 5.74) is 4.42. The van der Waals surface area contributed by atoms with E-state index in [1.165, 1.54) is 16.0 Å². The van der Waals surface area contributed by atoms with Crippen molar-refractivity contribution in [3.05, 3.63) is 97.7 Å². The van der Waals surface area contributed by atoms with Gasteiger partial charge < -0.3 is 4.98 Å². The molecule has 5 rings (SSSR count). The summed E-state index contributed by atoms with van der Waals surface area (Å²) < 4.78 is 0. The van der Waals surface area contributed by atoms with Crippen molar-refractivity contribution in [2.24, 2.45) is 0 Å². The molecular weight excluding hydrogens is 366 g/mol. The SMILES string of the molecule is Cc1cccc2c(=O)[nH]c(CN3CCc4sccc4C3c3ccccc3)nc12. The van der Waals surface area contributed by atoms with E-state index in [-0.39, 0.29) is 11.6 Å². The maximum Gasteiger partial charge on any atom is 0.258 e. The number of hydrogen-bond donors (Lipinski definition) is 1. The molecule has 0 saturated heterocycles. The average molecular weight is 388 g/mol. The van der Waals surface area contributed by atoms with E-state index in [4.69, 9.17) is 4.98 Å². The van der Waals surface area contributed by atoms with Gasteiger partial charge in [-0.25, -0.2) is 4.98 Å². The summed E-state index contributed by atoms with van der Waals surface area (Å²) in [6.45, 7) is 3.57. The molecule has 0 fully saturated rings. The van der Waals surface area contributed by atoms with E-state index in [2.05, 4.69) is 51.7 Å². The van der Waals surface area contributed by atoms with Crippen LogP contribution in [0.3, 0.4) is 0 Å². The molecule has 1 aliphatic rings. The van der Waals surface area contributed by atoms with Crippen molar-refractivity contribution < 1.29 is 0 Å². The first kappa shape index (κ1) is 17.3. The number of hydrogen-bond acceptors (Lipinski definition) is 4. The molecule has 1 N–H and O–H groups in total. The summed E-state index contributed by atoms with van der Waals surface area (Å²) in [5.74, 6) is 0.728. The van der Waals surface area contributed by atoms with Crippen molar-refractivity contribution in [1.29, 1.82) is 0 Å². The monoisotopic (exact) mass is 387 g/mol. The zero-order chi connectivity index (χ0) is 19.1. The summed E-state index contributed by atoms with van der Waals surface area (Å²) in [5, 5.41) is 2.84. The molecule has 2 aromatic carbocycles. The lowest BCUT2D eigenvalue weighted by Gasteiger charge is -2.36. The first-order valence-electron chi connectivity index (χ1n) is 9.54. The van der Waals surface area contributed by atoms with Gasteiger partial charge in [0.15, 0.2) is 0 Å². The van der Waals surface area contributed by atoms with Gasteiger partial charge in [0.1, 0.15) is 5.82 Å². The van der Waals surface area contributed by atoms with Crippen LogP contribution in [-0.4, -0.2) is 21.4 Å². The molecule has 0 bridgehead atoms. The Morgan fingerprint density at radius 1 is 1.14 bits per heavy atom. The van der Waals surface area contributed by atoms with Crippen LogP contribution in [0.4, 0.5) is 0 Å². The molecule has 1 aliphatic heterocycles. The Kier molecular flexibility index (Phi) is 4.34. The molecule has 0 amide bonds. The van der Waals surface area contributed by atoms with Crippen LogP contribution in [0, 0.1) is 6.92 Å².